The summed E-state index contributed by atoms with van der Waals surface area (Å²) >= 11 is 3.79. The van der Waals surface area contributed by atoms with E-state index in [1.807, 2.05) is 0 Å². The predicted octanol–water partition coefficient (Wildman–Crippen LogP) is 0.815. The first-order valence-electron chi connectivity index (χ1n) is 5.37. The van der Waals surface area contributed by atoms with E-state index in [1.165, 1.54) is 0 Å². The normalized spacial score (nSPS) is 14.2. The summed E-state index contributed by atoms with van der Waals surface area (Å²) < 4.78 is 0. The number of hydrogen-bond donors (Lipinski definition) is 4. The van der Waals surface area contributed by atoms with E-state index in [2.05, 4.69) is 17.9 Å². The SMILES string of the molecule is CC(C)(O)CC(C)(C)NC(=O)CC(S)C(=O)O. The Morgan fingerprint density at radius 3 is 2.12 bits per heavy atom. The lowest BCUT2D eigenvalue weighted by Crippen LogP contribution is -2.48. The highest BCUT2D eigenvalue weighted by Crippen LogP contribution is 2.19. The highest BCUT2D eigenvalue weighted by molar-refractivity contribution is 7.81. The molecule has 0 aromatic rings. The van der Waals surface area contributed by atoms with E-state index in [0.717, 1.165) is 0 Å². The molecule has 1 amide bonds. The maximum Gasteiger partial charge on any atom is 0.316 e. The van der Waals surface area contributed by atoms with E-state index in [9.17, 15) is 14.7 Å². The summed E-state index contributed by atoms with van der Waals surface area (Å²) in [5, 5.41) is 20.0. The van der Waals surface area contributed by atoms with Crippen molar-refractivity contribution in [2.24, 2.45) is 0 Å². The fourth-order valence-corrected chi connectivity index (χ4v) is 1.98. The summed E-state index contributed by atoms with van der Waals surface area (Å²) in [6.07, 6.45) is 0.184. The van der Waals surface area contributed by atoms with Gasteiger partial charge in [0.05, 0.1) is 5.60 Å². The summed E-state index contributed by atoms with van der Waals surface area (Å²) in [5.41, 5.74) is -1.49. The monoisotopic (exact) mass is 263 g/mol. The topological polar surface area (TPSA) is 86.6 Å². The van der Waals surface area contributed by atoms with Gasteiger partial charge in [0.1, 0.15) is 5.25 Å². The van der Waals surface area contributed by atoms with Gasteiger partial charge in [-0.05, 0) is 34.1 Å². The summed E-state index contributed by atoms with van der Waals surface area (Å²) in [6, 6.07) is 0. The first-order chi connectivity index (χ1) is 7.43. The predicted molar refractivity (Wildman–Crippen MR) is 68.2 cm³/mol. The minimum atomic E-state index is -1.12. The number of amides is 1. The number of hydrogen-bond acceptors (Lipinski definition) is 4. The molecule has 0 aromatic heterocycles. The first-order valence-corrected chi connectivity index (χ1v) is 5.89. The lowest BCUT2D eigenvalue weighted by Gasteiger charge is -2.32. The van der Waals surface area contributed by atoms with E-state index in [4.69, 9.17) is 5.11 Å². The van der Waals surface area contributed by atoms with Crippen molar-refractivity contribution in [3.8, 4) is 0 Å². The number of aliphatic carboxylic acids is 1. The van der Waals surface area contributed by atoms with Crippen LogP contribution in [0, 0.1) is 0 Å². The van der Waals surface area contributed by atoms with Gasteiger partial charge in [-0.25, -0.2) is 0 Å². The molecule has 0 radical (unpaired) electrons. The van der Waals surface area contributed by atoms with Gasteiger partial charge in [0, 0.05) is 12.0 Å². The Bertz CT molecular complexity index is 296. The highest BCUT2D eigenvalue weighted by Gasteiger charge is 2.29. The molecule has 0 spiro atoms. The van der Waals surface area contributed by atoms with Crippen LogP contribution in [0.5, 0.6) is 0 Å². The molecule has 0 saturated heterocycles. The smallest absolute Gasteiger partial charge is 0.316 e. The van der Waals surface area contributed by atoms with Crippen LogP contribution < -0.4 is 5.32 Å². The van der Waals surface area contributed by atoms with Crippen LogP contribution in [-0.2, 0) is 9.59 Å². The summed E-state index contributed by atoms with van der Waals surface area (Å²) in [4.78, 5) is 22.1. The van der Waals surface area contributed by atoms with E-state index in [1.54, 1.807) is 27.7 Å². The number of nitrogens with one attached hydrogen (secondary N) is 1. The van der Waals surface area contributed by atoms with Crippen LogP contribution in [0.1, 0.15) is 40.5 Å². The average Bonchev–Trinajstić information content (AvgIpc) is 1.96. The number of thiol groups is 1. The molecule has 1 unspecified atom stereocenters. The summed E-state index contributed by atoms with van der Waals surface area (Å²) in [5.74, 6) is -1.51. The maximum absolute atomic E-state index is 11.6. The molecule has 0 aliphatic heterocycles. The van der Waals surface area contributed by atoms with Crippen molar-refractivity contribution < 1.29 is 19.8 Å². The van der Waals surface area contributed by atoms with Gasteiger partial charge in [-0.1, -0.05) is 0 Å². The van der Waals surface area contributed by atoms with E-state index >= 15 is 0 Å². The van der Waals surface area contributed by atoms with Crippen molar-refractivity contribution in [1.29, 1.82) is 0 Å². The third kappa shape index (κ3) is 8.04. The number of rotatable bonds is 6. The lowest BCUT2D eigenvalue weighted by atomic mass is 9.89. The Hall–Kier alpha value is -0.750. The van der Waals surface area contributed by atoms with Crippen molar-refractivity contribution in [1.82, 2.24) is 5.32 Å². The van der Waals surface area contributed by atoms with Gasteiger partial charge in [0.15, 0.2) is 0 Å². The number of aliphatic hydroxyl groups is 1. The third-order valence-corrected chi connectivity index (χ3v) is 2.42. The second-order valence-electron chi connectivity index (χ2n) is 5.48. The molecule has 1 atom stereocenters. The van der Waals surface area contributed by atoms with Crippen LogP contribution in [0.2, 0.25) is 0 Å². The highest BCUT2D eigenvalue weighted by atomic mass is 32.1. The largest absolute Gasteiger partial charge is 0.480 e. The molecule has 5 nitrogen and oxygen atoms in total. The van der Waals surface area contributed by atoms with Gasteiger partial charge in [-0.2, -0.15) is 12.6 Å². The van der Waals surface area contributed by atoms with Gasteiger partial charge < -0.3 is 15.5 Å². The number of carboxylic acid groups (broad SMARTS) is 1. The molecular weight excluding hydrogens is 242 g/mol. The molecule has 0 saturated carbocycles. The van der Waals surface area contributed by atoms with Gasteiger partial charge in [0.2, 0.25) is 5.91 Å². The van der Waals surface area contributed by atoms with Crippen molar-refractivity contribution >= 4 is 24.5 Å². The number of carbonyl (C=O) groups excluding carboxylic acids is 1. The molecule has 0 aromatic carbocycles. The Morgan fingerprint density at radius 2 is 1.76 bits per heavy atom. The Labute approximate surface area is 107 Å². The standard InChI is InChI=1S/C11H21NO4S/c1-10(2,6-11(3,4)16)12-8(13)5-7(17)9(14)15/h7,16-17H,5-6H2,1-4H3,(H,12,13)(H,14,15). The molecule has 0 aliphatic carbocycles. The van der Waals surface area contributed by atoms with Crippen molar-refractivity contribution in [2.45, 2.75) is 56.9 Å². The summed E-state index contributed by atoms with van der Waals surface area (Å²) in [7, 11) is 0. The van der Waals surface area contributed by atoms with Crippen LogP contribution in [0.15, 0.2) is 0 Å². The van der Waals surface area contributed by atoms with E-state index in [-0.39, 0.29) is 12.3 Å². The van der Waals surface area contributed by atoms with Gasteiger partial charge >= 0.3 is 5.97 Å². The van der Waals surface area contributed by atoms with E-state index in [0.29, 0.717) is 6.42 Å². The van der Waals surface area contributed by atoms with Crippen molar-refractivity contribution in [3.05, 3.63) is 0 Å². The van der Waals surface area contributed by atoms with Crippen LogP contribution in [0.4, 0.5) is 0 Å². The fraction of sp³-hybridized carbons (Fsp3) is 0.818. The second kappa shape index (κ2) is 5.73. The molecule has 0 rings (SSSR count). The van der Waals surface area contributed by atoms with Gasteiger partial charge in [-0.3, -0.25) is 9.59 Å². The minimum absolute atomic E-state index is 0.187. The van der Waals surface area contributed by atoms with E-state index < -0.39 is 22.4 Å². The van der Waals surface area contributed by atoms with Crippen LogP contribution in [0.25, 0.3) is 0 Å². The van der Waals surface area contributed by atoms with Crippen molar-refractivity contribution in [2.75, 3.05) is 0 Å². The average molecular weight is 263 g/mol. The lowest BCUT2D eigenvalue weighted by molar-refractivity contribution is -0.138. The molecule has 3 N–H and O–H groups in total. The molecule has 0 aliphatic rings. The molecule has 6 heteroatoms. The molecule has 100 valence electrons. The quantitative estimate of drug-likeness (QED) is 0.534. The Morgan fingerprint density at radius 1 is 1.29 bits per heavy atom. The number of carboxylic acids is 1. The van der Waals surface area contributed by atoms with Crippen LogP contribution in [-0.4, -0.2) is 38.5 Å². The van der Waals surface area contributed by atoms with Crippen LogP contribution in [0.3, 0.4) is 0 Å². The van der Waals surface area contributed by atoms with Gasteiger partial charge in [-0.15, -0.1) is 0 Å². The van der Waals surface area contributed by atoms with Crippen LogP contribution >= 0.6 is 12.6 Å². The maximum atomic E-state index is 11.6. The Kier molecular flexibility index (Phi) is 5.48. The summed E-state index contributed by atoms with van der Waals surface area (Å²) in [6.45, 7) is 6.85. The second-order valence-corrected chi connectivity index (χ2v) is 6.10. The minimum Gasteiger partial charge on any atom is -0.480 e. The molecule has 0 bridgehead atoms. The zero-order chi connectivity index (χ0) is 13.9. The third-order valence-electron chi connectivity index (χ3n) is 2.02. The molecule has 0 fully saturated rings. The number of carbonyl (C=O) groups is 2. The first kappa shape index (κ1) is 16.2. The zero-order valence-electron chi connectivity index (χ0n) is 10.6. The zero-order valence-corrected chi connectivity index (χ0v) is 11.5. The Balaban J connectivity index is 4.33. The van der Waals surface area contributed by atoms with Gasteiger partial charge in [0.25, 0.3) is 0 Å². The molecule has 0 heterocycles. The molecule has 17 heavy (non-hydrogen) atoms. The molecular formula is C11H21NO4S. The fourth-order valence-electron chi connectivity index (χ4n) is 1.82. The van der Waals surface area contributed by atoms with Crippen molar-refractivity contribution in [3.63, 3.8) is 0 Å².